The maximum atomic E-state index is 4.31. The Morgan fingerprint density at radius 1 is 1.00 bits per heavy atom. The lowest BCUT2D eigenvalue weighted by molar-refractivity contribution is 0.248. The third-order valence-electron chi connectivity index (χ3n) is 5.57. The molecule has 0 atom stereocenters. The van der Waals surface area contributed by atoms with Gasteiger partial charge in [0, 0.05) is 45.0 Å². The molecule has 1 saturated carbocycles. The van der Waals surface area contributed by atoms with E-state index in [1.807, 2.05) is 0 Å². The molecule has 1 aliphatic heterocycles. The summed E-state index contributed by atoms with van der Waals surface area (Å²) in [5.41, 5.74) is 4.09. The van der Waals surface area contributed by atoms with Crippen LogP contribution < -0.4 is 10.2 Å². The van der Waals surface area contributed by atoms with Gasteiger partial charge in [-0.05, 0) is 36.5 Å². The molecule has 7 heteroatoms. The lowest BCUT2D eigenvalue weighted by Crippen LogP contribution is -2.47. The standard InChI is InChI=1S/C20H25N7/c1-2-16(1)12-26-7-9-27(10-8-26)17-5-3-15(4-6-17)11-21-19-18-20(23-13-22-18)25-14-24-19/h3-6,13-14,16H,1-2,7-12H2,(H2,21,22,23,24,25). The summed E-state index contributed by atoms with van der Waals surface area (Å²) in [6, 6.07) is 8.87. The van der Waals surface area contributed by atoms with Crippen LogP contribution in [-0.4, -0.2) is 57.6 Å². The number of benzene rings is 1. The second kappa shape index (κ2) is 7.15. The Hall–Kier alpha value is -2.67. The summed E-state index contributed by atoms with van der Waals surface area (Å²) in [4.78, 5) is 20.8. The maximum Gasteiger partial charge on any atom is 0.182 e. The molecule has 1 saturated heterocycles. The third kappa shape index (κ3) is 3.73. The topological polar surface area (TPSA) is 73.0 Å². The Morgan fingerprint density at radius 3 is 2.59 bits per heavy atom. The van der Waals surface area contributed by atoms with Gasteiger partial charge >= 0.3 is 0 Å². The fourth-order valence-corrected chi connectivity index (χ4v) is 3.76. The van der Waals surface area contributed by atoms with E-state index in [1.54, 1.807) is 6.33 Å². The highest BCUT2D eigenvalue weighted by molar-refractivity contribution is 5.81. The smallest absolute Gasteiger partial charge is 0.182 e. The molecule has 3 heterocycles. The molecule has 0 radical (unpaired) electrons. The fourth-order valence-electron chi connectivity index (χ4n) is 3.76. The van der Waals surface area contributed by atoms with E-state index in [0.29, 0.717) is 5.65 Å². The van der Waals surface area contributed by atoms with Crippen molar-refractivity contribution in [3.63, 3.8) is 0 Å². The lowest BCUT2D eigenvalue weighted by Gasteiger charge is -2.36. The average Bonchev–Trinajstić information content (AvgIpc) is 3.39. The molecule has 27 heavy (non-hydrogen) atoms. The van der Waals surface area contributed by atoms with Crippen LogP contribution in [0.4, 0.5) is 11.5 Å². The minimum atomic E-state index is 0.684. The maximum absolute atomic E-state index is 4.31. The molecule has 2 aliphatic rings. The van der Waals surface area contributed by atoms with Crippen LogP contribution in [0.5, 0.6) is 0 Å². The SMILES string of the molecule is c1nc(NCc2ccc(N3CCN(CC4CC4)CC3)cc2)c2[nH]cnc2n1. The Balaban J connectivity index is 1.17. The molecule has 3 aromatic rings. The molecule has 2 aromatic heterocycles. The van der Waals surface area contributed by atoms with Gasteiger partial charge in [-0.3, -0.25) is 4.90 Å². The zero-order chi connectivity index (χ0) is 18.1. The van der Waals surface area contributed by atoms with Crippen molar-refractivity contribution in [3.8, 4) is 0 Å². The largest absolute Gasteiger partial charge is 0.369 e. The zero-order valence-corrected chi connectivity index (χ0v) is 15.4. The zero-order valence-electron chi connectivity index (χ0n) is 15.4. The quantitative estimate of drug-likeness (QED) is 0.701. The van der Waals surface area contributed by atoms with Crippen molar-refractivity contribution in [3.05, 3.63) is 42.5 Å². The second-order valence-corrected chi connectivity index (χ2v) is 7.57. The van der Waals surface area contributed by atoms with Crippen molar-refractivity contribution in [2.75, 3.05) is 42.9 Å². The molecule has 0 amide bonds. The van der Waals surface area contributed by atoms with Crippen LogP contribution >= 0.6 is 0 Å². The van der Waals surface area contributed by atoms with E-state index < -0.39 is 0 Å². The molecule has 0 spiro atoms. The van der Waals surface area contributed by atoms with Crippen LogP contribution in [0.2, 0.25) is 0 Å². The number of aromatic amines is 1. The van der Waals surface area contributed by atoms with Crippen LogP contribution in [0.1, 0.15) is 18.4 Å². The van der Waals surface area contributed by atoms with E-state index in [1.165, 1.54) is 50.1 Å². The van der Waals surface area contributed by atoms with Crippen molar-refractivity contribution >= 4 is 22.7 Å². The highest BCUT2D eigenvalue weighted by Gasteiger charge is 2.26. The third-order valence-corrected chi connectivity index (χ3v) is 5.57. The van der Waals surface area contributed by atoms with Crippen molar-refractivity contribution < 1.29 is 0 Å². The monoisotopic (exact) mass is 363 g/mol. The Kier molecular flexibility index (Phi) is 4.37. The minimum absolute atomic E-state index is 0.684. The number of aromatic nitrogens is 4. The Labute approximate surface area is 158 Å². The number of imidazole rings is 1. The minimum Gasteiger partial charge on any atom is -0.369 e. The molecule has 2 fully saturated rings. The molecule has 0 bridgehead atoms. The van der Waals surface area contributed by atoms with Gasteiger partial charge in [-0.15, -0.1) is 0 Å². The van der Waals surface area contributed by atoms with E-state index in [2.05, 4.69) is 59.3 Å². The van der Waals surface area contributed by atoms with Gasteiger partial charge in [-0.2, -0.15) is 0 Å². The van der Waals surface area contributed by atoms with Gasteiger partial charge in [0.15, 0.2) is 11.5 Å². The molecule has 2 N–H and O–H groups in total. The van der Waals surface area contributed by atoms with Crippen molar-refractivity contribution in [1.29, 1.82) is 0 Å². The van der Waals surface area contributed by atoms with E-state index in [9.17, 15) is 0 Å². The number of nitrogens with one attached hydrogen (secondary N) is 2. The van der Waals surface area contributed by atoms with Crippen LogP contribution in [0.25, 0.3) is 11.2 Å². The second-order valence-electron chi connectivity index (χ2n) is 7.57. The molecule has 5 rings (SSSR count). The molecular weight excluding hydrogens is 338 g/mol. The summed E-state index contributed by atoms with van der Waals surface area (Å²) in [7, 11) is 0. The van der Waals surface area contributed by atoms with E-state index >= 15 is 0 Å². The van der Waals surface area contributed by atoms with Crippen LogP contribution in [0.15, 0.2) is 36.9 Å². The average molecular weight is 363 g/mol. The number of hydrogen-bond donors (Lipinski definition) is 2. The van der Waals surface area contributed by atoms with E-state index in [-0.39, 0.29) is 0 Å². The van der Waals surface area contributed by atoms with Crippen LogP contribution in [0.3, 0.4) is 0 Å². The van der Waals surface area contributed by atoms with Gasteiger partial charge < -0.3 is 15.2 Å². The lowest BCUT2D eigenvalue weighted by atomic mass is 10.1. The summed E-state index contributed by atoms with van der Waals surface area (Å²) < 4.78 is 0. The van der Waals surface area contributed by atoms with Gasteiger partial charge in [-0.25, -0.2) is 15.0 Å². The number of anilines is 2. The summed E-state index contributed by atoms with van der Waals surface area (Å²) in [5.74, 6) is 1.77. The molecule has 140 valence electrons. The fraction of sp³-hybridized carbons (Fsp3) is 0.450. The van der Waals surface area contributed by atoms with Gasteiger partial charge in [0.05, 0.1) is 6.33 Å². The molecule has 7 nitrogen and oxygen atoms in total. The summed E-state index contributed by atoms with van der Waals surface area (Å²) in [6.45, 7) is 6.67. The molecule has 1 aliphatic carbocycles. The van der Waals surface area contributed by atoms with Gasteiger partial charge in [0.25, 0.3) is 0 Å². The first-order valence-corrected chi connectivity index (χ1v) is 9.79. The van der Waals surface area contributed by atoms with Crippen molar-refractivity contribution in [1.82, 2.24) is 24.8 Å². The predicted molar refractivity (Wildman–Crippen MR) is 107 cm³/mol. The number of rotatable bonds is 6. The van der Waals surface area contributed by atoms with Gasteiger partial charge in [0.1, 0.15) is 11.8 Å². The number of nitrogens with zero attached hydrogens (tertiary/aromatic N) is 5. The van der Waals surface area contributed by atoms with Gasteiger partial charge in [0.2, 0.25) is 0 Å². The number of fused-ring (bicyclic) bond motifs is 1. The van der Waals surface area contributed by atoms with Crippen molar-refractivity contribution in [2.45, 2.75) is 19.4 Å². The number of hydrogen-bond acceptors (Lipinski definition) is 6. The van der Waals surface area contributed by atoms with Crippen molar-refractivity contribution in [2.24, 2.45) is 5.92 Å². The highest BCUT2D eigenvalue weighted by atomic mass is 15.3. The van der Waals surface area contributed by atoms with E-state index in [0.717, 1.165) is 36.9 Å². The highest BCUT2D eigenvalue weighted by Crippen LogP contribution is 2.30. The van der Waals surface area contributed by atoms with Crippen LogP contribution in [0, 0.1) is 5.92 Å². The Bertz CT molecular complexity index is 892. The predicted octanol–water partition coefficient (Wildman–Crippen LogP) is 2.50. The van der Waals surface area contributed by atoms with E-state index in [4.69, 9.17) is 0 Å². The summed E-state index contributed by atoms with van der Waals surface area (Å²) in [6.07, 6.45) is 6.06. The molecular formula is C20H25N7. The first kappa shape index (κ1) is 16.5. The summed E-state index contributed by atoms with van der Waals surface area (Å²) >= 11 is 0. The number of piperazine rings is 1. The van der Waals surface area contributed by atoms with Gasteiger partial charge in [-0.1, -0.05) is 12.1 Å². The molecule has 0 unspecified atom stereocenters. The normalized spacial score (nSPS) is 18.1. The Morgan fingerprint density at radius 2 is 1.81 bits per heavy atom. The number of H-pyrrole nitrogens is 1. The van der Waals surface area contributed by atoms with Crippen LogP contribution in [-0.2, 0) is 6.54 Å². The summed E-state index contributed by atoms with van der Waals surface area (Å²) in [5, 5.41) is 3.38. The first-order valence-electron chi connectivity index (χ1n) is 9.79. The molecule has 1 aromatic carbocycles. The first-order chi connectivity index (χ1) is 13.3.